The van der Waals surface area contributed by atoms with Crippen LogP contribution in [0.25, 0.3) is 10.6 Å². The van der Waals surface area contributed by atoms with Crippen molar-refractivity contribution in [3.05, 3.63) is 113 Å². The fourth-order valence-corrected chi connectivity index (χ4v) is 8.17. The van der Waals surface area contributed by atoms with Gasteiger partial charge in [-0.2, -0.15) is 0 Å². The Morgan fingerprint density at radius 2 is 0.963 bits per heavy atom. The molecule has 1 saturated carbocycles. The Balaban J connectivity index is 1.85. The van der Waals surface area contributed by atoms with Crippen LogP contribution in [-0.2, 0) is 4.57 Å². The Kier molecular flexibility index (Phi) is 3.99. The molecule has 3 aromatic carbocycles. The minimum absolute atomic E-state index is 0.942. The van der Waals surface area contributed by atoms with E-state index in [0.29, 0.717) is 0 Å². The van der Waals surface area contributed by atoms with Crippen molar-refractivity contribution in [2.75, 3.05) is 0 Å². The lowest BCUT2D eigenvalue weighted by Crippen LogP contribution is -2.06. The predicted octanol–water partition coefficient (Wildman–Crippen LogP) is 6.70. The SMILES string of the molecule is O=P1(c2ccccc2)C(c2ccccc2)=C2CCCC2=C1c1ccccc1. The molecule has 2 aliphatic rings. The summed E-state index contributed by atoms with van der Waals surface area (Å²) in [7, 11) is -2.90. The molecule has 27 heavy (non-hydrogen) atoms. The van der Waals surface area contributed by atoms with Crippen LogP contribution in [0.5, 0.6) is 0 Å². The molecule has 2 heteroatoms. The van der Waals surface area contributed by atoms with E-state index < -0.39 is 7.14 Å². The summed E-state index contributed by atoms with van der Waals surface area (Å²) < 4.78 is 15.0. The van der Waals surface area contributed by atoms with E-state index in [9.17, 15) is 4.57 Å². The molecule has 3 aromatic rings. The predicted molar refractivity (Wildman–Crippen MR) is 114 cm³/mol. The smallest absolute Gasteiger partial charge is 0.172 e. The number of hydrogen-bond donors (Lipinski definition) is 0. The van der Waals surface area contributed by atoms with Crippen LogP contribution in [0.3, 0.4) is 0 Å². The highest BCUT2D eigenvalue weighted by atomic mass is 31.2. The standard InChI is InChI=1S/C25H21OP/c26-27(21-15-8-3-9-16-21)24(19-11-4-1-5-12-19)22-17-10-18-23(22)25(27)20-13-6-2-7-14-20/h1-9,11-16H,10,17-18H2. The highest BCUT2D eigenvalue weighted by molar-refractivity contribution is 7.90. The minimum Gasteiger partial charge on any atom is -0.309 e. The Bertz CT molecular complexity index is 1030. The van der Waals surface area contributed by atoms with Crippen molar-refractivity contribution in [2.24, 2.45) is 0 Å². The first-order valence-corrected chi connectivity index (χ1v) is 11.2. The second kappa shape index (κ2) is 6.51. The maximum atomic E-state index is 15.0. The monoisotopic (exact) mass is 368 g/mol. The van der Waals surface area contributed by atoms with Crippen LogP contribution in [0.4, 0.5) is 0 Å². The van der Waals surface area contributed by atoms with Gasteiger partial charge >= 0.3 is 0 Å². The Labute approximate surface area is 160 Å². The van der Waals surface area contributed by atoms with Gasteiger partial charge in [0, 0.05) is 15.9 Å². The second-order valence-corrected chi connectivity index (χ2v) is 9.81. The molecule has 0 amide bonds. The van der Waals surface area contributed by atoms with Crippen LogP contribution in [0.15, 0.2) is 102 Å². The summed E-state index contributed by atoms with van der Waals surface area (Å²) in [6.07, 6.45) is 3.19. The summed E-state index contributed by atoms with van der Waals surface area (Å²) in [6, 6.07) is 30.8. The summed E-state index contributed by atoms with van der Waals surface area (Å²) in [6.45, 7) is 0. The van der Waals surface area contributed by atoms with E-state index in [2.05, 4.69) is 24.3 Å². The number of hydrogen-bond acceptors (Lipinski definition) is 1. The summed E-state index contributed by atoms with van der Waals surface area (Å²) >= 11 is 0. The third-order valence-corrected chi connectivity index (χ3v) is 8.97. The number of rotatable bonds is 3. The van der Waals surface area contributed by atoms with E-state index in [-0.39, 0.29) is 0 Å². The van der Waals surface area contributed by atoms with Crippen molar-refractivity contribution < 1.29 is 4.57 Å². The molecule has 0 unspecified atom stereocenters. The molecular formula is C25H21OP. The molecule has 0 aromatic heterocycles. The Hall–Kier alpha value is -2.63. The molecule has 0 spiro atoms. The molecule has 1 aliphatic heterocycles. The largest absolute Gasteiger partial charge is 0.309 e. The van der Waals surface area contributed by atoms with Crippen molar-refractivity contribution >= 4 is 23.1 Å². The van der Waals surface area contributed by atoms with Gasteiger partial charge in [0.25, 0.3) is 0 Å². The molecular weight excluding hydrogens is 347 g/mol. The van der Waals surface area contributed by atoms with E-state index in [1.807, 2.05) is 66.7 Å². The lowest BCUT2D eigenvalue weighted by atomic mass is 10.0. The van der Waals surface area contributed by atoms with Crippen LogP contribution in [0.2, 0.25) is 0 Å². The van der Waals surface area contributed by atoms with Gasteiger partial charge in [0.05, 0.1) is 0 Å². The molecule has 0 radical (unpaired) electrons. The van der Waals surface area contributed by atoms with Crippen LogP contribution < -0.4 is 5.30 Å². The van der Waals surface area contributed by atoms with Crippen LogP contribution in [0.1, 0.15) is 30.4 Å². The first-order valence-electron chi connectivity index (χ1n) is 9.54. The first kappa shape index (κ1) is 16.5. The number of allylic oxidation sites excluding steroid dienone is 2. The highest BCUT2D eigenvalue weighted by Gasteiger charge is 2.46. The molecule has 0 bridgehead atoms. The summed E-state index contributed by atoms with van der Waals surface area (Å²) in [5.41, 5.74) is 4.86. The zero-order valence-electron chi connectivity index (χ0n) is 15.1. The quantitative estimate of drug-likeness (QED) is 0.470. The van der Waals surface area contributed by atoms with E-state index in [0.717, 1.165) is 46.3 Å². The molecule has 0 N–H and O–H groups in total. The molecule has 1 fully saturated rings. The van der Waals surface area contributed by atoms with E-state index in [1.54, 1.807) is 0 Å². The van der Waals surface area contributed by atoms with Crippen molar-refractivity contribution in [1.82, 2.24) is 0 Å². The highest BCUT2D eigenvalue weighted by Crippen LogP contribution is 2.75. The molecule has 1 nitrogen and oxygen atoms in total. The zero-order valence-corrected chi connectivity index (χ0v) is 16.0. The van der Waals surface area contributed by atoms with E-state index >= 15 is 0 Å². The lowest BCUT2D eigenvalue weighted by molar-refractivity contribution is 0.593. The molecule has 1 heterocycles. The van der Waals surface area contributed by atoms with Crippen molar-refractivity contribution in [3.8, 4) is 0 Å². The summed E-state index contributed by atoms with van der Waals surface area (Å²) in [5, 5.41) is 3.08. The van der Waals surface area contributed by atoms with Crippen molar-refractivity contribution in [3.63, 3.8) is 0 Å². The first-order chi connectivity index (χ1) is 13.3. The van der Waals surface area contributed by atoms with Gasteiger partial charge in [-0.1, -0.05) is 91.0 Å². The van der Waals surface area contributed by atoms with E-state index in [4.69, 9.17) is 0 Å². The molecule has 5 rings (SSSR count). The Morgan fingerprint density at radius 3 is 1.41 bits per heavy atom. The average molecular weight is 368 g/mol. The van der Waals surface area contributed by atoms with Gasteiger partial charge in [-0.15, -0.1) is 0 Å². The van der Waals surface area contributed by atoms with Crippen molar-refractivity contribution in [1.29, 1.82) is 0 Å². The molecule has 0 atom stereocenters. The van der Waals surface area contributed by atoms with Crippen LogP contribution in [0, 0.1) is 0 Å². The molecule has 132 valence electrons. The Morgan fingerprint density at radius 1 is 0.556 bits per heavy atom. The normalized spacial score (nSPS) is 18.1. The molecule has 1 aliphatic carbocycles. The van der Waals surface area contributed by atoms with Crippen LogP contribution in [-0.4, -0.2) is 0 Å². The maximum Gasteiger partial charge on any atom is 0.172 e. The zero-order chi connectivity index (χ0) is 18.3. The van der Waals surface area contributed by atoms with Crippen LogP contribution >= 0.6 is 7.14 Å². The summed E-state index contributed by atoms with van der Waals surface area (Å²) in [5.74, 6) is 0. The number of fused-ring (bicyclic) bond motifs is 1. The lowest BCUT2D eigenvalue weighted by Gasteiger charge is -2.23. The topological polar surface area (TPSA) is 17.1 Å². The third-order valence-electron chi connectivity index (χ3n) is 5.63. The molecule has 0 saturated heterocycles. The fraction of sp³-hybridized carbons (Fsp3) is 0.120. The van der Waals surface area contributed by atoms with Gasteiger partial charge in [-0.25, -0.2) is 0 Å². The third kappa shape index (κ3) is 2.50. The van der Waals surface area contributed by atoms with Gasteiger partial charge in [0.2, 0.25) is 0 Å². The van der Waals surface area contributed by atoms with Crippen molar-refractivity contribution in [2.45, 2.75) is 19.3 Å². The van der Waals surface area contributed by atoms with Gasteiger partial charge in [-0.05, 0) is 41.5 Å². The van der Waals surface area contributed by atoms with Gasteiger partial charge in [0.15, 0.2) is 7.14 Å². The van der Waals surface area contributed by atoms with E-state index in [1.165, 1.54) is 11.1 Å². The average Bonchev–Trinajstić information content (AvgIpc) is 3.28. The fourth-order valence-electron chi connectivity index (χ4n) is 4.56. The summed E-state index contributed by atoms with van der Waals surface area (Å²) in [4.78, 5) is 0. The maximum absolute atomic E-state index is 15.0. The minimum atomic E-state index is -2.90. The second-order valence-electron chi connectivity index (χ2n) is 7.18. The van der Waals surface area contributed by atoms with Gasteiger partial charge in [-0.3, -0.25) is 0 Å². The van der Waals surface area contributed by atoms with Gasteiger partial charge < -0.3 is 4.57 Å². The van der Waals surface area contributed by atoms with Gasteiger partial charge in [0.1, 0.15) is 0 Å². The number of benzene rings is 3.